The van der Waals surface area contributed by atoms with Crippen molar-refractivity contribution in [2.75, 3.05) is 0 Å². The summed E-state index contributed by atoms with van der Waals surface area (Å²) in [6.45, 7) is 0. The van der Waals surface area contributed by atoms with Crippen LogP contribution in [0.4, 0.5) is 13.2 Å². The van der Waals surface area contributed by atoms with Crippen molar-refractivity contribution >= 4 is 11.8 Å². The summed E-state index contributed by atoms with van der Waals surface area (Å²) in [5.74, 6) is -1.61. The van der Waals surface area contributed by atoms with Crippen molar-refractivity contribution in [3.8, 4) is 6.07 Å². The van der Waals surface area contributed by atoms with Crippen molar-refractivity contribution in [2.24, 2.45) is 0 Å². The fraction of sp³-hybridized carbons (Fsp3) is 0.0714. The van der Waals surface area contributed by atoms with E-state index < -0.39 is 17.5 Å². The van der Waals surface area contributed by atoms with Crippen LogP contribution < -0.4 is 0 Å². The fourth-order valence-electron chi connectivity index (χ4n) is 1.50. The van der Waals surface area contributed by atoms with Crippen LogP contribution in [-0.4, -0.2) is 0 Å². The number of benzene rings is 2. The fourth-order valence-corrected chi connectivity index (χ4v) is 2.40. The van der Waals surface area contributed by atoms with Crippen LogP contribution in [0.15, 0.2) is 41.3 Å². The molecular weight excluding hydrogens is 271 g/mol. The molecule has 0 N–H and O–H groups in total. The zero-order chi connectivity index (χ0) is 13.8. The van der Waals surface area contributed by atoms with Gasteiger partial charge in [-0.2, -0.15) is 5.26 Å². The van der Waals surface area contributed by atoms with Crippen LogP contribution in [-0.2, 0) is 5.75 Å². The molecule has 0 bridgehead atoms. The monoisotopic (exact) mass is 279 g/mol. The Morgan fingerprint density at radius 2 is 1.79 bits per heavy atom. The van der Waals surface area contributed by atoms with Crippen molar-refractivity contribution in [3.63, 3.8) is 0 Å². The van der Waals surface area contributed by atoms with Gasteiger partial charge < -0.3 is 0 Å². The molecule has 2 aromatic rings. The zero-order valence-electron chi connectivity index (χ0n) is 9.66. The number of nitriles is 1. The Bertz CT molecular complexity index is 650. The van der Waals surface area contributed by atoms with Gasteiger partial charge in [0.25, 0.3) is 0 Å². The Hall–Kier alpha value is -1.93. The predicted molar refractivity (Wildman–Crippen MR) is 67.0 cm³/mol. The molecule has 2 aromatic carbocycles. The van der Waals surface area contributed by atoms with E-state index in [2.05, 4.69) is 0 Å². The highest BCUT2D eigenvalue weighted by Crippen LogP contribution is 2.27. The van der Waals surface area contributed by atoms with Crippen LogP contribution in [0.5, 0.6) is 0 Å². The summed E-state index contributed by atoms with van der Waals surface area (Å²) in [5.41, 5.74) is 0.657. The lowest BCUT2D eigenvalue weighted by Gasteiger charge is -2.05. The minimum atomic E-state index is -0.679. The number of hydrogen-bond donors (Lipinski definition) is 0. The third-order valence-corrected chi connectivity index (χ3v) is 3.55. The van der Waals surface area contributed by atoms with Gasteiger partial charge in [-0.15, -0.1) is 11.8 Å². The van der Waals surface area contributed by atoms with E-state index in [4.69, 9.17) is 5.26 Å². The van der Waals surface area contributed by atoms with Crippen LogP contribution in [0.1, 0.15) is 11.1 Å². The summed E-state index contributed by atoms with van der Waals surface area (Å²) in [6, 6.07) is 9.15. The molecule has 19 heavy (non-hydrogen) atoms. The van der Waals surface area contributed by atoms with Crippen molar-refractivity contribution in [3.05, 3.63) is 65.0 Å². The molecule has 0 aliphatic carbocycles. The molecule has 0 aromatic heterocycles. The highest BCUT2D eigenvalue weighted by Gasteiger charge is 2.08. The SMILES string of the molecule is N#Cc1ccc(F)c(CSc2ccc(F)cc2F)c1. The molecule has 0 saturated carbocycles. The van der Waals surface area contributed by atoms with E-state index in [9.17, 15) is 13.2 Å². The second-order valence-electron chi connectivity index (χ2n) is 3.78. The van der Waals surface area contributed by atoms with E-state index in [-0.39, 0.29) is 10.6 Å². The third-order valence-electron chi connectivity index (χ3n) is 2.45. The molecule has 1 nitrogen and oxygen atoms in total. The summed E-state index contributed by atoms with van der Waals surface area (Å²) in [4.78, 5) is 0.239. The molecule has 0 fully saturated rings. The van der Waals surface area contributed by atoms with Gasteiger partial charge in [-0.3, -0.25) is 0 Å². The minimum Gasteiger partial charge on any atom is -0.207 e. The summed E-state index contributed by atoms with van der Waals surface area (Å²) in [7, 11) is 0. The molecule has 0 radical (unpaired) electrons. The van der Waals surface area contributed by atoms with Crippen molar-refractivity contribution < 1.29 is 13.2 Å². The molecule has 0 aliphatic rings. The Morgan fingerprint density at radius 1 is 1.00 bits per heavy atom. The first-order valence-corrected chi connectivity index (χ1v) is 6.35. The maximum atomic E-state index is 13.5. The number of rotatable bonds is 3. The topological polar surface area (TPSA) is 23.8 Å². The maximum Gasteiger partial charge on any atom is 0.139 e. The van der Waals surface area contributed by atoms with Crippen LogP contribution in [0.2, 0.25) is 0 Å². The first-order valence-electron chi connectivity index (χ1n) is 5.36. The van der Waals surface area contributed by atoms with E-state index in [1.54, 1.807) is 0 Å². The molecule has 0 unspecified atom stereocenters. The number of nitrogens with zero attached hydrogens (tertiary/aromatic N) is 1. The van der Waals surface area contributed by atoms with Crippen LogP contribution in [0.3, 0.4) is 0 Å². The molecular formula is C14H8F3NS. The Morgan fingerprint density at radius 3 is 2.47 bits per heavy atom. The van der Waals surface area contributed by atoms with Gasteiger partial charge in [-0.25, -0.2) is 13.2 Å². The van der Waals surface area contributed by atoms with Gasteiger partial charge in [-0.1, -0.05) is 0 Å². The number of thioether (sulfide) groups is 1. The van der Waals surface area contributed by atoms with Gasteiger partial charge in [0.15, 0.2) is 0 Å². The lowest BCUT2D eigenvalue weighted by Crippen LogP contribution is -1.90. The quantitative estimate of drug-likeness (QED) is 0.783. The Balaban J connectivity index is 2.16. The summed E-state index contributed by atoms with van der Waals surface area (Å²) in [6.07, 6.45) is 0. The van der Waals surface area contributed by atoms with E-state index >= 15 is 0 Å². The smallest absolute Gasteiger partial charge is 0.139 e. The lowest BCUT2D eigenvalue weighted by atomic mass is 10.1. The summed E-state index contributed by atoms with van der Waals surface area (Å²) >= 11 is 1.05. The van der Waals surface area contributed by atoms with Crippen LogP contribution in [0, 0.1) is 28.8 Å². The van der Waals surface area contributed by atoms with E-state index in [1.165, 1.54) is 24.3 Å². The third kappa shape index (κ3) is 3.30. The van der Waals surface area contributed by atoms with Crippen molar-refractivity contribution in [1.82, 2.24) is 0 Å². The largest absolute Gasteiger partial charge is 0.207 e. The second-order valence-corrected chi connectivity index (χ2v) is 4.80. The standard InChI is InChI=1S/C14H8F3NS/c15-11-2-4-14(13(17)6-11)19-8-10-5-9(7-18)1-3-12(10)16/h1-6H,8H2. The highest BCUT2D eigenvalue weighted by atomic mass is 32.2. The average Bonchev–Trinajstić information content (AvgIpc) is 2.39. The highest BCUT2D eigenvalue weighted by molar-refractivity contribution is 7.98. The second kappa shape index (κ2) is 5.81. The molecule has 2 rings (SSSR count). The van der Waals surface area contributed by atoms with E-state index in [1.807, 2.05) is 6.07 Å². The van der Waals surface area contributed by atoms with Gasteiger partial charge in [0.1, 0.15) is 17.5 Å². The number of halogens is 3. The molecule has 0 heterocycles. The molecule has 0 aliphatic heterocycles. The average molecular weight is 279 g/mol. The van der Waals surface area contributed by atoms with Crippen LogP contribution in [0.25, 0.3) is 0 Å². The summed E-state index contributed by atoms with van der Waals surface area (Å²) < 4.78 is 39.6. The van der Waals surface area contributed by atoms with Crippen molar-refractivity contribution in [2.45, 2.75) is 10.6 Å². The molecule has 0 saturated heterocycles. The first kappa shape index (κ1) is 13.5. The molecule has 0 spiro atoms. The molecule has 5 heteroatoms. The van der Waals surface area contributed by atoms with Gasteiger partial charge in [0.2, 0.25) is 0 Å². The summed E-state index contributed by atoms with van der Waals surface area (Å²) in [5, 5.41) is 8.73. The molecule has 0 amide bonds. The predicted octanol–water partition coefficient (Wildman–Crippen LogP) is 4.27. The Labute approximate surface area is 112 Å². The Kier molecular flexibility index (Phi) is 4.13. The molecule has 0 atom stereocenters. The van der Waals surface area contributed by atoms with Gasteiger partial charge in [0, 0.05) is 16.7 Å². The first-order chi connectivity index (χ1) is 9.10. The minimum absolute atomic E-state index is 0.171. The van der Waals surface area contributed by atoms with Gasteiger partial charge >= 0.3 is 0 Å². The van der Waals surface area contributed by atoms with Crippen LogP contribution >= 0.6 is 11.8 Å². The lowest BCUT2D eigenvalue weighted by molar-refractivity contribution is 0.565. The van der Waals surface area contributed by atoms with E-state index in [0.29, 0.717) is 11.1 Å². The maximum absolute atomic E-state index is 13.5. The number of hydrogen-bond acceptors (Lipinski definition) is 2. The van der Waals surface area contributed by atoms with Crippen molar-refractivity contribution in [1.29, 1.82) is 5.26 Å². The zero-order valence-corrected chi connectivity index (χ0v) is 10.5. The van der Waals surface area contributed by atoms with Gasteiger partial charge in [0.05, 0.1) is 11.6 Å². The van der Waals surface area contributed by atoms with Gasteiger partial charge in [-0.05, 0) is 35.9 Å². The molecule has 96 valence electrons. The van der Waals surface area contributed by atoms with E-state index in [0.717, 1.165) is 23.9 Å². The normalized spacial score (nSPS) is 10.2.